The second kappa shape index (κ2) is 7.62. The fourth-order valence-corrected chi connectivity index (χ4v) is 3.99. The highest BCUT2D eigenvalue weighted by Gasteiger charge is 2.43. The van der Waals surface area contributed by atoms with Gasteiger partial charge in [0.25, 0.3) is 0 Å². The van der Waals surface area contributed by atoms with Crippen LogP contribution in [0.2, 0.25) is 0 Å². The molecular formula is C23H23NO5. The van der Waals surface area contributed by atoms with Gasteiger partial charge in [0, 0.05) is 18.0 Å². The summed E-state index contributed by atoms with van der Waals surface area (Å²) in [6.07, 6.45) is 1.10. The molecule has 0 spiro atoms. The predicted octanol–water partition coefficient (Wildman–Crippen LogP) is 3.60. The van der Waals surface area contributed by atoms with Crippen LogP contribution >= 0.6 is 0 Å². The van der Waals surface area contributed by atoms with Crippen LogP contribution in [0.1, 0.15) is 30.4 Å². The second-order valence-electron chi connectivity index (χ2n) is 7.06. The summed E-state index contributed by atoms with van der Waals surface area (Å²) in [6, 6.07) is 13.3. The molecule has 0 radical (unpaired) electrons. The van der Waals surface area contributed by atoms with Gasteiger partial charge in [0.1, 0.15) is 6.61 Å². The van der Waals surface area contributed by atoms with Crippen LogP contribution in [0.4, 0.5) is 5.69 Å². The molecular weight excluding hydrogens is 370 g/mol. The molecule has 2 aliphatic heterocycles. The van der Waals surface area contributed by atoms with E-state index in [4.69, 9.17) is 14.2 Å². The topological polar surface area (TPSA) is 65.1 Å². The largest absolute Gasteiger partial charge is 0.493 e. The van der Waals surface area contributed by atoms with Crippen molar-refractivity contribution in [3.05, 3.63) is 64.9 Å². The number of anilines is 1. The average Bonchev–Trinajstić information content (AvgIpc) is 3.14. The van der Waals surface area contributed by atoms with Crippen molar-refractivity contribution in [1.29, 1.82) is 0 Å². The second-order valence-corrected chi connectivity index (χ2v) is 7.06. The van der Waals surface area contributed by atoms with Gasteiger partial charge in [0.05, 0.1) is 25.5 Å². The molecule has 2 aromatic rings. The maximum atomic E-state index is 13.1. The van der Waals surface area contributed by atoms with E-state index in [1.54, 1.807) is 25.2 Å². The smallest absolute Gasteiger partial charge is 0.336 e. The Labute approximate surface area is 169 Å². The molecule has 29 heavy (non-hydrogen) atoms. The van der Waals surface area contributed by atoms with E-state index >= 15 is 0 Å². The number of carbonyl (C=O) groups is 2. The number of hydrogen-bond donors (Lipinski definition) is 0. The standard InChI is InChI=1S/C23H23NO5/c1-4-14-5-8-16(9-6-14)24-18-13-29-23(26)22(18)17(12-21(24)25)15-7-10-19(27-2)20(11-15)28-3/h5-11,17H,4,12-13H2,1-3H3/t17-/m1/s1. The van der Waals surface area contributed by atoms with Crippen LogP contribution < -0.4 is 14.4 Å². The Morgan fingerprint density at radius 1 is 1.03 bits per heavy atom. The maximum Gasteiger partial charge on any atom is 0.336 e. The third-order valence-electron chi connectivity index (χ3n) is 5.53. The molecule has 0 fully saturated rings. The van der Waals surface area contributed by atoms with Crippen molar-refractivity contribution in [3.63, 3.8) is 0 Å². The minimum Gasteiger partial charge on any atom is -0.493 e. The number of aryl methyl sites for hydroxylation is 1. The summed E-state index contributed by atoms with van der Waals surface area (Å²) in [4.78, 5) is 27.3. The summed E-state index contributed by atoms with van der Waals surface area (Å²) in [6.45, 7) is 2.18. The van der Waals surface area contributed by atoms with Crippen LogP contribution in [0, 0.1) is 0 Å². The molecule has 0 saturated heterocycles. The van der Waals surface area contributed by atoms with Crippen LogP contribution in [0.5, 0.6) is 11.5 Å². The van der Waals surface area contributed by atoms with Crippen molar-refractivity contribution in [1.82, 2.24) is 0 Å². The lowest BCUT2D eigenvalue weighted by molar-refractivity contribution is -0.136. The summed E-state index contributed by atoms with van der Waals surface area (Å²) >= 11 is 0. The monoisotopic (exact) mass is 393 g/mol. The quantitative estimate of drug-likeness (QED) is 0.727. The number of esters is 1. The van der Waals surface area contributed by atoms with E-state index in [1.807, 2.05) is 36.4 Å². The van der Waals surface area contributed by atoms with E-state index in [0.717, 1.165) is 17.7 Å². The molecule has 0 aromatic heterocycles. The number of ether oxygens (including phenoxy) is 3. The van der Waals surface area contributed by atoms with Crippen molar-refractivity contribution in [3.8, 4) is 11.5 Å². The zero-order chi connectivity index (χ0) is 20.5. The molecule has 2 aromatic carbocycles. The molecule has 0 bridgehead atoms. The zero-order valence-corrected chi connectivity index (χ0v) is 16.7. The van der Waals surface area contributed by atoms with Crippen molar-refractivity contribution in [2.75, 3.05) is 25.7 Å². The SMILES string of the molecule is CCc1ccc(N2C(=O)C[C@H](c3ccc(OC)c(OC)c3)C3=C2COC3=O)cc1. The molecule has 4 rings (SSSR count). The lowest BCUT2D eigenvalue weighted by Crippen LogP contribution is -2.37. The van der Waals surface area contributed by atoms with Crippen molar-refractivity contribution < 1.29 is 23.8 Å². The van der Waals surface area contributed by atoms with Crippen LogP contribution in [-0.2, 0) is 20.7 Å². The number of benzene rings is 2. The summed E-state index contributed by atoms with van der Waals surface area (Å²) in [5.74, 6) is 0.342. The first-order valence-electron chi connectivity index (χ1n) is 9.61. The van der Waals surface area contributed by atoms with Crippen LogP contribution in [0.25, 0.3) is 0 Å². The maximum absolute atomic E-state index is 13.1. The van der Waals surface area contributed by atoms with Gasteiger partial charge < -0.3 is 14.2 Å². The Morgan fingerprint density at radius 2 is 1.76 bits per heavy atom. The minimum atomic E-state index is -0.376. The third kappa shape index (κ3) is 3.24. The van der Waals surface area contributed by atoms with E-state index in [9.17, 15) is 9.59 Å². The fraction of sp³-hybridized carbons (Fsp3) is 0.304. The van der Waals surface area contributed by atoms with E-state index in [0.29, 0.717) is 22.8 Å². The summed E-state index contributed by atoms with van der Waals surface area (Å²) < 4.78 is 16.0. The number of carbonyl (C=O) groups excluding carboxylic acids is 2. The molecule has 0 aliphatic carbocycles. The van der Waals surface area contributed by atoms with Gasteiger partial charge in [0.2, 0.25) is 5.91 Å². The van der Waals surface area contributed by atoms with E-state index in [1.165, 1.54) is 5.56 Å². The highest BCUT2D eigenvalue weighted by Crippen LogP contribution is 2.43. The summed E-state index contributed by atoms with van der Waals surface area (Å²) in [7, 11) is 3.13. The van der Waals surface area contributed by atoms with Gasteiger partial charge in [-0.05, 0) is 41.8 Å². The number of hydrogen-bond acceptors (Lipinski definition) is 5. The highest BCUT2D eigenvalue weighted by molar-refractivity contribution is 6.06. The summed E-state index contributed by atoms with van der Waals surface area (Å²) in [5.41, 5.74) is 3.92. The number of rotatable bonds is 5. The van der Waals surface area contributed by atoms with Gasteiger partial charge in [-0.3, -0.25) is 9.69 Å². The molecule has 1 amide bonds. The summed E-state index contributed by atoms with van der Waals surface area (Å²) in [5, 5.41) is 0. The molecule has 0 saturated carbocycles. The van der Waals surface area contributed by atoms with Crippen LogP contribution in [0.15, 0.2) is 53.7 Å². The number of methoxy groups -OCH3 is 2. The first kappa shape index (κ1) is 19.1. The van der Waals surface area contributed by atoms with Crippen LogP contribution in [0.3, 0.4) is 0 Å². The van der Waals surface area contributed by atoms with Gasteiger partial charge in [-0.2, -0.15) is 0 Å². The lowest BCUT2D eigenvalue weighted by atomic mass is 9.84. The Bertz CT molecular complexity index is 993. The molecule has 6 heteroatoms. The highest BCUT2D eigenvalue weighted by atomic mass is 16.5. The average molecular weight is 393 g/mol. The van der Waals surface area contributed by atoms with E-state index < -0.39 is 0 Å². The van der Waals surface area contributed by atoms with Crippen molar-refractivity contribution in [2.24, 2.45) is 0 Å². The normalized spacial score (nSPS) is 18.6. The van der Waals surface area contributed by atoms with E-state index in [2.05, 4.69) is 6.92 Å². The third-order valence-corrected chi connectivity index (χ3v) is 5.53. The van der Waals surface area contributed by atoms with E-state index in [-0.39, 0.29) is 30.8 Å². The predicted molar refractivity (Wildman–Crippen MR) is 108 cm³/mol. The Kier molecular flexibility index (Phi) is 5.01. The minimum absolute atomic E-state index is 0.0638. The molecule has 1 atom stereocenters. The number of amides is 1. The molecule has 0 N–H and O–H groups in total. The molecule has 2 heterocycles. The fourth-order valence-electron chi connectivity index (χ4n) is 3.99. The zero-order valence-electron chi connectivity index (χ0n) is 16.7. The Balaban J connectivity index is 1.78. The van der Waals surface area contributed by atoms with Crippen molar-refractivity contribution >= 4 is 17.6 Å². The molecule has 0 unspecified atom stereocenters. The first-order valence-corrected chi connectivity index (χ1v) is 9.61. The molecule has 150 valence electrons. The van der Waals surface area contributed by atoms with Gasteiger partial charge in [-0.15, -0.1) is 0 Å². The van der Waals surface area contributed by atoms with Crippen LogP contribution in [-0.4, -0.2) is 32.7 Å². The van der Waals surface area contributed by atoms with Gasteiger partial charge in [0.15, 0.2) is 11.5 Å². The Morgan fingerprint density at radius 3 is 2.41 bits per heavy atom. The molecule has 2 aliphatic rings. The molecule has 6 nitrogen and oxygen atoms in total. The van der Waals surface area contributed by atoms with Crippen molar-refractivity contribution in [2.45, 2.75) is 25.7 Å². The van der Waals surface area contributed by atoms with Gasteiger partial charge >= 0.3 is 5.97 Å². The number of cyclic esters (lactones) is 1. The Hall–Kier alpha value is -3.28. The van der Waals surface area contributed by atoms with Gasteiger partial charge in [-0.1, -0.05) is 25.1 Å². The lowest BCUT2D eigenvalue weighted by Gasteiger charge is -2.32. The first-order chi connectivity index (χ1) is 14.1. The van der Waals surface area contributed by atoms with Gasteiger partial charge in [-0.25, -0.2) is 4.79 Å². The number of nitrogens with zero attached hydrogens (tertiary/aromatic N) is 1.